The third kappa shape index (κ3) is 4.10. The van der Waals surface area contributed by atoms with Crippen LogP contribution in [0.4, 0.5) is 0 Å². The lowest BCUT2D eigenvalue weighted by Gasteiger charge is -2.28. The molecule has 154 valence electrons. The van der Waals surface area contributed by atoms with E-state index < -0.39 is 13.2 Å². The number of esters is 1. The van der Waals surface area contributed by atoms with Crippen LogP contribution < -0.4 is 15.9 Å². The predicted molar refractivity (Wildman–Crippen MR) is 128 cm³/mol. The van der Waals surface area contributed by atoms with E-state index in [9.17, 15) is 9.90 Å². The molecular formula is C27H24O3P+. The van der Waals surface area contributed by atoms with E-state index in [0.717, 1.165) is 11.5 Å². The average Bonchev–Trinajstić information content (AvgIpc) is 2.84. The Morgan fingerprint density at radius 3 is 1.77 bits per heavy atom. The van der Waals surface area contributed by atoms with Crippen LogP contribution in [0.3, 0.4) is 0 Å². The van der Waals surface area contributed by atoms with Gasteiger partial charge in [0.15, 0.2) is 5.75 Å². The summed E-state index contributed by atoms with van der Waals surface area (Å²) in [6.45, 7) is 0. The molecule has 31 heavy (non-hydrogen) atoms. The number of methoxy groups -OCH3 is 1. The summed E-state index contributed by atoms with van der Waals surface area (Å²) in [6, 6.07) is 36.2. The zero-order valence-electron chi connectivity index (χ0n) is 17.3. The van der Waals surface area contributed by atoms with Crippen molar-refractivity contribution in [3.63, 3.8) is 0 Å². The normalized spacial score (nSPS) is 11.1. The monoisotopic (exact) mass is 427 g/mol. The van der Waals surface area contributed by atoms with Gasteiger partial charge in [-0.15, -0.1) is 0 Å². The molecular weight excluding hydrogens is 403 g/mol. The van der Waals surface area contributed by atoms with E-state index >= 15 is 0 Å². The van der Waals surface area contributed by atoms with Crippen LogP contribution in [0.5, 0.6) is 5.75 Å². The number of phenolic OH excluding ortho intramolecular Hbond substituents is 1. The molecule has 0 saturated carbocycles. The zero-order chi connectivity index (χ0) is 21.7. The first-order valence-corrected chi connectivity index (χ1v) is 12.1. The molecule has 4 aromatic carbocycles. The molecule has 0 fully saturated rings. The predicted octanol–water partition coefficient (Wildman–Crippen LogP) is 4.67. The summed E-state index contributed by atoms with van der Waals surface area (Å²) >= 11 is 0. The lowest BCUT2D eigenvalue weighted by molar-refractivity contribution is 0.0600. The second kappa shape index (κ2) is 9.16. The minimum absolute atomic E-state index is 0.111. The van der Waals surface area contributed by atoms with Gasteiger partial charge in [-0.2, -0.15) is 0 Å². The van der Waals surface area contributed by atoms with Crippen molar-refractivity contribution in [2.24, 2.45) is 0 Å². The Kier molecular flexibility index (Phi) is 6.16. The van der Waals surface area contributed by atoms with E-state index in [1.807, 2.05) is 60.7 Å². The first kappa shape index (κ1) is 20.8. The topological polar surface area (TPSA) is 46.5 Å². The van der Waals surface area contributed by atoms with Crippen LogP contribution in [-0.2, 0) is 10.9 Å². The maximum atomic E-state index is 12.0. The molecule has 0 amide bonds. The van der Waals surface area contributed by atoms with Gasteiger partial charge in [0.25, 0.3) is 0 Å². The molecule has 0 saturated heterocycles. The summed E-state index contributed by atoms with van der Waals surface area (Å²) in [7, 11) is -0.932. The van der Waals surface area contributed by atoms with Crippen LogP contribution >= 0.6 is 7.26 Å². The zero-order valence-corrected chi connectivity index (χ0v) is 18.2. The maximum Gasteiger partial charge on any atom is 0.337 e. The minimum atomic E-state index is -2.27. The number of ether oxygens (including phenoxy) is 1. The Hall–Kier alpha value is -3.42. The highest BCUT2D eigenvalue weighted by Crippen LogP contribution is 2.59. The van der Waals surface area contributed by atoms with E-state index in [2.05, 4.69) is 36.4 Å². The third-order valence-electron chi connectivity index (χ3n) is 5.46. The summed E-state index contributed by atoms with van der Waals surface area (Å²) in [4.78, 5) is 12.0. The Bertz CT molecular complexity index is 1120. The Balaban J connectivity index is 2.01. The Labute approximate surface area is 183 Å². The first-order chi connectivity index (χ1) is 15.1. The molecule has 0 spiro atoms. The first-order valence-electron chi connectivity index (χ1n) is 10.1. The molecule has 1 N–H and O–H groups in total. The van der Waals surface area contributed by atoms with Gasteiger partial charge in [-0.1, -0.05) is 66.7 Å². The number of aromatic hydroxyl groups is 1. The molecule has 0 bridgehead atoms. The van der Waals surface area contributed by atoms with E-state index in [0.29, 0.717) is 5.56 Å². The molecule has 4 rings (SSSR count). The smallest absolute Gasteiger partial charge is 0.337 e. The lowest BCUT2D eigenvalue weighted by atomic mass is 10.2. The Morgan fingerprint density at radius 2 is 1.29 bits per heavy atom. The molecule has 0 unspecified atom stereocenters. The maximum absolute atomic E-state index is 12.0. The SMILES string of the molecule is COC(=O)c1ccc([P+](Cc2ccccc2)(c2ccccc2)c2ccccc2)c(O)c1. The van der Waals surface area contributed by atoms with Gasteiger partial charge >= 0.3 is 5.97 Å². The van der Waals surface area contributed by atoms with Crippen LogP contribution in [0, 0.1) is 0 Å². The Morgan fingerprint density at radius 1 is 0.774 bits per heavy atom. The number of carbonyl (C=O) groups excluding carboxylic acids is 1. The van der Waals surface area contributed by atoms with E-state index in [4.69, 9.17) is 4.74 Å². The summed E-state index contributed by atoms with van der Waals surface area (Å²) in [6.07, 6.45) is 0.757. The van der Waals surface area contributed by atoms with Crippen LogP contribution in [0.1, 0.15) is 15.9 Å². The van der Waals surface area contributed by atoms with E-state index in [-0.39, 0.29) is 5.75 Å². The molecule has 0 aliphatic rings. The van der Waals surface area contributed by atoms with Crippen LogP contribution in [0.15, 0.2) is 109 Å². The number of carbonyl (C=O) groups is 1. The van der Waals surface area contributed by atoms with Gasteiger partial charge in [0.2, 0.25) is 0 Å². The summed E-state index contributed by atoms with van der Waals surface area (Å²) in [5.41, 5.74) is 1.53. The van der Waals surface area contributed by atoms with Gasteiger partial charge in [0.05, 0.1) is 18.8 Å². The van der Waals surface area contributed by atoms with Crippen molar-refractivity contribution in [3.8, 4) is 5.75 Å². The number of hydrogen-bond donors (Lipinski definition) is 1. The molecule has 0 aliphatic heterocycles. The number of hydrogen-bond acceptors (Lipinski definition) is 3. The van der Waals surface area contributed by atoms with Crippen molar-refractivity contribution in [1.82, 2.24) is 0 Å². The second-order valence-electron chi connectivity index (χ2n) is 7.32. The average molecular weight is 427 g/mol. The van der Waals surface area contributed by atoms with Crippen molar-refractivity contribution in [2.45, 2.75) is 6.16 Å². The number of phenols is 1. The van der Waals surface area contributed by atoms with Gasteiger partial charge < -0.3 is 9.84 Å². The third-order valence-corrected chi connectivity index (χ3v) is 9.86. The minimum Gasteiger partial charge on any atom is -0.504 e. The molecule has 4 heteroatoms. The number of rotatable bonds is 6. The molecule has 0 atom stereocenters. The van der Waals surface area contributed by atoms with E-state index in [1.165, 1.54) is 29.3 Å². The largest absolute Gasteiger partial charge is 0.504 e. The quantitative estimate of drug-likeness (QED) is 0.359. The fourth-order valence-electron chi connectivity index (χ4n) is 4.01. The van der Waals surface area contributed by atoms with Gasteiger partial charge in [-0.05, 0) is 48.0 Å². The molecule has 0 heterocycles. The van der Waals surface area contributed by atoms with Gasteiger partial charge in [-0.3, -0.25) is 0 Å². The van der Waals surface area contributed by atoms with Crippen molar-refractivity contribution < 1.29 is 14.6 Å². The second-order valence-corrected chi connectivity index (χ2v) is 10.8. The fourth-order valence-corrected chi connectivity index (χ4v) is 8.30. The number of benzene rings is 4. The molecule has 0 radical (unpaired) electrons. The summed E-state index contributed by atoms with van der Waals surface area (Å²) in [5, 5.41) is 14.4. The van der Waals surface area contributed by atoms with Crippen molar-refractivity contribution >= 4 is 29.1 Å². The highest BCUT2D eigenvalue weighted by atomic mass is 31.2. The lowest BCUT2D eigenvalue weighted by Crippen LogP contribution is -2.33. The molecule has 0 aromatic heterocycles. The fraction of sp³-hybridized carbons (Fsp3) is 0.0741. The van der Waals surface area contributed by atoms with Crippen LogP contribution in [0.2, 0.25) is 0 Å². The summed E-state index contributed by atoms with van der Waals surface area (Å²) < 4.78 is 4.84. The molecule has 4 aromatic rings. The van der Waals surface area contributed by atoms with Gasteiger partial charge in [0, 0.05) is 0 Å². The van der Waals surface area contributed by atoms with Crippen molar-refractivity contribution in [3.05, 3.63) is 120 Å². The molecule has 3 nitrogen and oxygen atoms in total. The van der Waals surface area contributed by atoms with Crippen molar-refractivity contribution in [2.75, 3.05) is 7.11 Å². The van der Waals surface area contributed by atoms with Crippen molar-refractivity contribution in [1.29, 1.82) is 0 Å². The van der Waals surface area contributed by atoms with Gasteiger partial charge in [-0.25, -0.2) is 4.79 Å². The highest BCUT2D eigenvalue weighted by molar-refractivity contribution is 7.95. The van der Waals surface area contributed by atoms with Crippen LogP contribution in [0.25, 0.3) is 0 Å². The molecule has 0 aliphatic carbocycles. The van der Waals surface area contributed by atoms with Crippen LogP contribution in [-0.4, -0.2) is 18.2 Å². The standard InChI is InChI=1S/C27H23O3P/c1-30-27(29)22-17-18-26(25(28)19-22)31(23-13-7-3-8-14-23,24-15-9-4-10-16-24)20-21-11-5-2-6-12-21/h2-19H,20H2,1H3/p+1. The van der Waals surface area contributed by atoms with Gasteiger partial charge in [0.1, 0.15) is 23.2 Å². The highest BCUT2D eigenvalue weighted by Gasteiger charge is 2.47. The van der Waals surface area contributed by atoms with E-state index in [1.54, 1.807) is 6.07 Å². The summed E-state index contributed by atoms with van der Waals surface area (Å²) in [5.74, 6) is -0.354.